The Bertz CT molecular complexity index is 9900. The summed E-state index contributed by atoms with van der Waals surface area (Å²) in [5, 5.41) is 13.9. The zero-order valence-electron chi connectivity index (χ0n) is 80.5. The van der Waals surface area contributed by atoms with E-state index in [1.165, 1.54) is 26.9 Å². The van der Waals surface area contributed by atoms with E-state index < -0.39 is 0 Å². The Morgan fingerprint density at radius 1 is 0.133 bits per heavy atom. The van der Waals surface area contributed by atoms with Gasteiger partial charge in [-0.3, -0.25) is 4.57 Å². The summed E-state index contributed by atoms with van der Waals surface area (Å²) >= 11 is 0. The Labute approximate surface area is 858 Å². The molecule has 0 aliphatic carbocycles. The molecule has 150 heavy (non-hydrogen) atoms. The fourth-order valence-corrected chi connectivity index (χ4v) is 21.0. The van der Waals surface area contributed by atoms with Gasteiger partial charge in [0.25, 0.3) is 0 Å². The Balaban J connectivity index is 0.000000108. The number of furan rings is 3. The molecule has 0 unspecified atom stereocenters. The van der Waals surface area contributed by atoms with E-state index in [1.54, 1.807) is 0 Å². The van der Waals surface area contributed by atoms with Crippen molar-refractivity contribution in [3.8, 4) is 153 Å². The summed E-state index contributed by atoms with van der Waals surface area (Å²) in [6.07, 6.45) is 1.86. The number of rotatable bonds is 15. The lowest BCUT2D eigenvalue weighted by molar-refractivity contribution is 0.668. The van der Waals surface area contributed by atoms with E-state index >= 15 is 0 Å². The molecule has 0 fully saturated rings. The summed E-state index contributed by atoms with van der Waals surface area (Å²) < 4.78 is 25.6. The van der Waals surface area contributed by atoms with Gasteiger partial charge in [0.15, 0.2) is 52.4 Å². The van der Waals surface area contributed by atoms with Crippen LogP contribution >= 0.6 is 0 Å². The maximum atomic E-state index is 6.25. The molecule has 16 heteroatoms. The van der Waals surface area contributed by atoms with E-state index in [0.29, 0.717) is 52.4 Å². The third-order valence-corrected chi connectivity index (χ3v) is 28.2. The Morgan fingerprint density at radius 2 is 0.367 bits per heavy atom. The summed E-state index contributed by atoms with van der Waals surface area (Å²) in [7, 11) is 0. The second-order valence-electron chi connectivity index (χ2n) is 37.3. The second kappa shape index (κ2) is 37.0. The first-order valence-electron chi connectivity index (χ1n) is 49.9. The van der Waals surface area contributed by atoms with Crippen molar-refractivity contribution < 1.29 is 13.3 Å². The van der Waals surface area contributed by atoms with Crippen LogP contribution in [0.2, 0.25) is 0 Å². The molecule has 0 spiro atoms. The maximum Gasteiger partial charge on any atom is 0.165 e. The predicted molar refractivity (Wildman–Crippen MR) is 607 cm³/mol. The van der Waals surface area contributed by atoms with E-state index in [-0.39, 0.29) is 0 Å². The van der Waals surface area contributed by atoms with Gasteiger partial charge in [0.2, 0.25) is 0 Å². The molecule has 0 radical (unpaired) electrons. The van der Waals surface area contributed by atoms with Gasteiger partial charge < -0.3 is 22.4 Å². The fourth-order valence-electron chi connectivity index (χ4n) is 21.0. The number of hydrogen-bond donors (Lipinski definition) is 0. The molecule has 702 valence electrons. The first-order chi connectivity index (χ1) is 74.3. The summed E-state index contributed by atoms with van der Waals surface area (Å²) in [5.74, 6) is 6.46. The van der Waals surface area contributed by atoms with Crippen molar-refractivity contribution in [3.05, 3.63) is 504 Å². The maximum absolute atomic E-state index is 6.25. The van der Waals surface area contributed by atoms with E-state index in [2.05, 4.69) is 275 Å². The molecular weight excluding hydrogens is 1840 g/mol. The minimum atomic E-state index is 0.572. The van der Waals surface area contributed by atoms with Crippen molar-refractivity contribution in [3.63, 3.8) is 0 Å². The van der Waals surface area contributed by atoms with E-state index in [0.717, 1.165) is 205 Å². The van der Waals surface area contributed by atoms with Crippen LogP contribution in [-0.2, 0) is 0 Å². The van der Waals surface area contributed by atoms with Crippen LogP contribution in [-0.4, -0.2) is 63.5 Å². The van der Waals surface area contributed by atoms with Gasteiger partial charge >= 0.3 is 0 Å². The molecule has 10 aromatic heterocycles. The molecule has 0 atom stereocenters. The molecule has 0 aliphatic heterocycles. The lowest BCUT2D eigenvalue weighted by Gasteiger charge is -2.12. The molecule has 20 aromatic carbocycles. The van der Waals surface area contributed by atoms with Crippen molar-refractivity contribution in [1.82, 2.24) is 63.5 Å². The van der Waals surface area contributed by atoms with Gasteiger partial charge in [-0.2, -0.15) is 0 Å². The average molecular weight is 1920 g/mol. The minimum Gasteiger partial charge on any atom is -0.456 e. The fraction of sp³-hybridized carbons (Fsp3) is 0. The van der Waals surface area contributed by atoms with Crippen LogP contribution in [0.3, 0.4) is 0 Å². The van der Waals surface area contributed by atoms with Crippen molar-refractivity contribution in [2.24, 2.45) is 0 Å². The SMILES string of the molecule is c1ccc(-c2nc(-c3ccccc3)nc(-c3ccc(-n4c5ccccc5c5ccc(-c6ccc7c(c6)oc6ccccc67)cc54)cc3)n2)cc1.c1ccc(-c2nc(-c3ccccc3)nc(-c3ccc(-n4c5ccccc5c5ccc(-c6ccc7c(c6)oc6ccccc67)cc54)nc3)n2)cc1.c1ccc(-c2nc(-c3ccccc3)nc(-c3cccc(-n4c5ccccc5c5ccc(-c6ccc7c(c6)oc6ccccc67)cc54)c3)n2)cc1. The lowest BCUT2D eigenvalue weighted by Crippen LogP contribution is -2.01. The smallest absolute Gasteiger partial charge is 0.165 e. The molecule has 0 N–H and O–H groups in total. The van der Waals surface area contributed by atoms with Gasteiger partial charge in [0.05, 0.1) is 33.1 Å². The topological polar surface area (TPSA) is 183 Å². The molecule has 0 saturated heterocycles. The minimum absolute atomic E-state index is 0.572. The first-order valence-corrected chi connectivity index (χ1v) is 49.9. The molecule has 0 saturated carbocycles. The molecular formula is C134H83N13O3. The first kappa shape index (κ1) is 87.2. The van der Waals surface area contributed by atoms with Crippen molar-refractivity contribution in [2.45, 2.75) is 0 Å². The molecule has 30 aromatic rings. The normalized spacial score (nSPS) is 11.6. The summed E-state index contributed by atoms with van der Waals surface area (Å²) in [6, 6.07) is 171. The molecule has 16 nitrogen and oxygen atoms in total. The van der Waals surface area contributed by atoms with Crippen molar-refractivity contribution in [1.29, 1.82) is 0 Å². The van der Waals surface area contributed by atoms with Crippen molar-refractivity contribution in [2.75, 3.05) is 0 Å². The monoisotopic (exact) mass is 1920 g/mol. The van der Waals surface area contributed by atoms with Crippen LogP contribution in [0.25, 0.3) is 284 Å². The van der Waals surface area contributed by atoms with Crippen LogP contribution in [0.15, 0.2) is 517 Å². The van der Waals surface area contributed by atoms with E-state index in [1.807, 2.05) is 243 Å². The number of nitrogens with zero attached hydrogens (tertiary/aromatic N) is 13. The Morgan fingerprint density at radius 3 is 0.700 bits per heavy atom. The Hall–Kier alpha value is -20.6. The number of benzene rings is 20. The molecule has 0 bridgehead atoms. The van der Waals surface area contributed by atoms with Crippen LogP contribution < -0.4 is 0 Å². The predicted octanol–water partition coefficient (Wildman–Crippen LogP) is 34.0. The number of aromatic nitrogens is 13. The van der Waals surface area contributed by atoms with Gasteiger partial charge in [-0.15, -0.1) is 0 Å². The summed E-state index contributed by atoms with van der Waals surface area (Å²) in [4.78, 5) is 49.3. The van der Waals surface area contributed by atoms with Gasteiger partial charge in [0, 0.05) is 132 Å². The summed E-state index contributed by atoms with van der Waals surface area (Å²) in [5.41, 5.74) is 29.1. The third-order valence-electron chi connectivity index (χ3n) is 28.2. The molecule has 0 amide bonds. The van der Waals surface area contributed by atoms with E-state index in [9.17, 15) is 0 Å². The lowest BCUT2D eigenvalue weighted by atomic mass is 10.0. The van der Waals surface area contributed by atoms with Gasteiger partial charge in [0.1, 0.15) is 39.3 Å². The van der Waals surface area contributed by atoms with Crippen LogP contribution in [0.4, 0.5) is 0 Å². The zero-order chi connectivity index (χ0) is 99.1. The van der Waals surface area contributed by atoms with Gasteiger partial charge in [-0.25, -0.2) is 49.8 Å². The molecule has 30 rings (SSSR count). The standard InChI is InChI=1S/2C45H28N4O.C44H27N5O/c1-3-12-29(13-4-1)43-46-44(30-14-5-2-6-15-30)48-45(47-43)33-16-11-17-34(26-33)49-39-20-9-7-18-35(39)36-24-22-31(27-40(36)49)32-23-25-38-37-19-8-10-21-41(37)50-42(38)28-32;1-3-11-29(12-4-1)43-46-44(30-13-5-2-6-14-30)48-45(47-43)31-19-23-34(24-20-31)49-39-17-9-7-15-35(39)36-25-21-32(27-40(36)49)33-22-26-38-37-16-8-10-18-41(37)50-42(38)28-33;1-3-11-28(12-4-1)42-46-43(29-13-5-2-6-14-29)48-44(47-42)32-21-24-41(45-27-32)49-37-17-9-7-15-33(37)34-22-19-30(25-38(34)49)31-20-23-36-35-16-8-10-18-39(35)50-40(36)26-31/h2*1-28H;1-27H. The zero-order valence-corrected chi connectivity index (χ0v) is 80.5. The highest BCUT2D eigenvalue weighted by Gasteiger charge is 2.25. The highest BCUT2D eigenvalue weighted by atomic mass is 16.3. The van der Waals surface area contributed by atoms with Crippen molar-refractivity contribution >= 4 is 131 Å². The quantitative estimate of drug-likeness (QED) is 0.0946. The highest BCUT2D eigenvalue weighted by molar-refractivity contribution is 6.15. The van der Waals surface area contributed by atoms with Crippen LogP contribution in [0.5, 0.6) is 0 Å². The van der Waals surface area contributed by atoms with E-state index in [4.69, 9.17) is 63.1 Å². The van der Waals surface area contributed by atoms with Crippen LogP contribution in [0, 0.1) is 0 Å². The number of hydrogen-bond acceptors (Lipinski definition) is 13. The van der Waals surface area contributed by atoms with Crippen LogP contribution in [0.1, 0.15) is 0 Å². The second-order valence-corrected chi connectivity index (χ2v) is 37.3. The highest BCUT2D eigenvalue weighted by Crippen LogP contribution is 2.45. The molecule has 10 heterocycles. The summed E-state index contributed by atoms with van der Waals surface area (Å²) in [6.45, 7) is 0. The average Bonchev–Trinajstić information content (AvgIpc) is 1.59. The van der Waals surface area contributed by atoms with Gasteiger partial charge in [-0.05, 0) is 173 Å². The van der Waals surface area contributed by atoms with Gasteiger partial charge in [-0.1, -0.05) is 358 Å². The number of fused-ring (bicyclic) bond motifs is 18. The number of para-hydroxylation sites is 6. The third kappa shape index (κ3) is 15.9. The largest absolute Gasteiger partial charge is 0.456 e. The molecule has 0 aliphatic rings. The number of pyridine rings is 1. The Kier molecular flexibility index (Phi) is 21.5.